The molecule has 1 atom stereocenters. The molecule has 1 unspecified atom stereocenters. The molecule has 1 amide bonds. The summed E-state index contributed by atoms with van der Waals surface area (Å²) in [6, 6.07) is 2.08. The highest BCUT2D eigenvalue weighted by atomic mass is 79.9. The minimum Gasteiger partial charge on any atom is -0.309 e. The first-order valence-electron chi connectivity index (χ1n) is 5.10. The molecular weight excluding hydrogens is 360 g/mol. The Morgan fingerprint density at radius 3 is 2.71 bits per heavy atom. The summed E-state index contributed by atoms with van der Waals surface area (Å²) in [5, 5.41) is 0. The molecule has 1 heterocycles. The van der Waals surface area contributed by atoms with E-state index in [-0.39, 0.29) is 20.9 Å². The second-order valence-corrected chi connectivity index (χ2v) is 5.78. The monoisotopic (exact) mass is 367 g/mol. The lowest BCUT2D eigenvalue weighted by atomic mass is 10.1. The smallest absolute Gasteiger partial charge is 0.240 e. The minimum absolute atomic E-state index is 0.000139. The van der Waals surface area contributed by atoms with Gasteiger partial charge in [0, 0.05) is 12.6 Å². The van der Waals surface area contributed by atoms with Gasteiger partial charge in [0.05, 0.1) is 15.0 Å². The van der Waals surface area contributed by atoms with Crippen LogP contribution in [0.3, 0.4) is 0 Å². The quantitative estimate of drug-likeness (QED) is 0.547. The summed E-state index contributed by atoms with van der Waals surface area (Å²) >= 11 is 6.14. The fourth-order valence-corrected chi connectivity index (χ4v) is 2.68. The summed E-state index contributed by atoms with van der Waals surface area (Å²) < 4.78 is 27.1. The zero-order chi connectivity index (χ0) is 12.6. The Labute approximate surface area is 114 Å². The average molecular weight is 369 g/mol. The van der Waals surface area contributed by atoms with Crippen molar-refractivity contribution in [2.75, 3.05) is 11.4 Å². The minimum atomic E-state index is -0.603. The maximum absolute atomic E-state index is 13.7. The van der Waals surface area contributed by atoms with Crippen molar-refractivity contribution in [3.8, 4) is 0 Å². The third-order valence-electron chi connectivity index (χ3n) is 2.65. The number of nitrogens with zero attached hydrogens (tertiary/aromatic N) is 1. The fourth-order valence-electron chi connectivity index (χ4n) is 1.79. The molecule has 92 valence electrons. The van der Waals surface area contributed by atoms with Crippen LogP contribution in [-0.2, 0) is 4.79 Å². The van der Waals surface area contributed by atoms with Gasteiger partial charge in [-0.2, -0.15) is 0 Å². The number of hydrogen-bond acceptors (Lipinski definition) is 1. The normalized spacial score (nSPS) is 20.8. The molecule has 0 bridgehead atoms. The molecular formula is C11H9Br2F2NO. The molecule has 17 heavy (non-hydrogen) atoms. The molecule has 0 N–H and O–H groups in total. The highest BCUT2D eigenvalue weighted by molar-refractivity contribution is 9.10. The van der Waals surface area contributed by atoms with Crippen molar-refractivity contribution in [2.45, 2.75) is 17.7 Å². The summed E-state index contributed by atoms with van der Waals surface area (Å²) in [5.41, 5.74) is -0.000139. The van der Waals surface area contributed by atoms with Crippen molar-refractivity contribution in [2.24, 2.45) is 0 Å². The van der Waals surface area contributed by atoms with Crippen LogP contribution >= 0.6 is 31.9 Å². The topological polar surface area (TPSA) is 20.3 Å². The fraction of sp³-hybridized carbons (Fsp3) is 0.364. The Balaban J connectivity index is 2.39. The lowest BCUT2D eigenvalue weighted by molar-refractivity contribution is -0.118. The number of benzene rings is 1. The lowest BCUT2D eigenvalue weighted by Gasteiger charge is -2.30. The molecule has 0 aliphatic carbocycles. The number of anilines is 1. The summed E-state index contributed by atoms with van der Waals surface area (Å²) in [6.07, 6.45) is 1.48. The van der Waals surface area contributed by atoms with Gasteiger partial charge in [0.25, 0.3) is 0 Å². The predicted molar refractivity (Wildman–Crippen MR) is 68.4 cm³/mol. The van der Waals surface area contributed by atoms with Crippen LogP contribution in [0.2, 0.25) is 0 Å². The first-order valence-corrected chi connectivity index (χ1v) is 6.81. The Hall–Kier alpha value is -0.490. The van der Waals surface area contributed by atoms with Crippen LogP contribution < -0.4 is 4.90 Å². The summed E-state index contributed by atoms with van der Waals surface area (Å²) in [5.74, 6) is -1.41. The van der Waals surface area contributed by atoms with Gasteiger partial charge in [-0.15, -0.1) is 0 Å². The average Bonchev–Trinajstić information content (AvgIpc) is 2.28. The van der Waals surface area contributed by atoms with Crippen LogP contribution in [0.25, 0.3) is 0 Å². The van der Waals surface area contributed by atoms with Gasteiger partial charge in [0.15, 0.2) is 0 Å². The number of alkyl halides is 1. The van der Waals surface area contributed by atoms with Crippen molar-refractivity contribution >= 4 is 43.5 Å². The van der Waals surface area contributed by atoms with E-state index in [1.165, 1.54) is 4.90 Å². The lowest BCUT2D eigenvalue weighted by Crippen LogP contribution is -2.42. The zero-order valence-electron chi connectivity index (χ0n) is 8.72. The van der Waals surface area contributed by atoms with Gasteiger partial charge in [-0.3, -0.25) is 4.79 Å². The number of hydrogen-bond donors (Lipinski definition) is 0. The van der Waals surface area contributed by atoms with Gasteiger partial charge in [-0.1, -0.05) is 15.9 Å². The first kappa shape index (κ1) is 13.0. The van der Waals surface area contributed by atoms with E-state index in [4.69, 9.17) is 0 Å². The van der Waals surface area contributed by atoms with Gasteiger partial charge >= 0.3 is 0 Å². The van der Waals surface area contributed by atoms with Gasteiger partial charge in [-0.05, 0) is 34.8 Å². The Morgan fingerprint density at radius 1 is 1.29 bits per heavy atom. The molecule has 2 rings (SSSR count). The maximum atomic E-state index is 13.7. The third-order valence-corrected chi connectivity index (χ3v) is 4.11. The van der Waals surface area contributed by atoms with Crippen molar-refractivity contribution in [1.29, 1.82) is 0 Å². The largest absolute Gasteiger partial charge is 0.309 e. The SMILES string of the molecule is O=C1C(Br)CCCN1c1cc(F)c(Br)cc1F. The van der Waals surface area contributed by atoms with Crippen molar-refractivity contribution in [3.63, 3.8) is 0 Å². The molecule has 1 saturated heterocycles. The standard InChI is InChI=1S/C11H9Br2F2NO/c12-6-2-1-3-16(11(6)17)10-5-8(14)7(13)4-9(10)15/h4-6H,1-3H2. The molecule has 0 radical (unpaired) electrons. The van der Waals surface area contributed by atoms with Crippen molar-refractivity contribution < 1.29 is 13.6 Å². The Bertz CT molecular complexity index is 467. The molecule has 2 nitrogen and oxygen atoms in total. The number of piperidine rings is 1. The molecule has 0 spiro atoms. The van der Waals surface area contributed by atoms with E-state index in [9.17, 15) is 13.6 Å². The molecule has 1 aliphatic heterocycles. The van der Waals surface area contributed by atoms with Crippen LogP contribution in [0.1, 0.15) is 12.8 Å². The molecule has 1 fully saturated rings. The second-order valence-electron chi connectivity index (χ2n) is 3.82. The second kappa shape index (κ2) is 5.02. The van der Waals surface area contributed by atoms with Crippen molar-refractivity contribution in [1.82, 2.24) is 0 Å². The summed E-state index contributed by atoms with van der Waals surface area (Å²) in [6.45, 7) is 0.416. The van der Waals surface area contributed by atoms with Crippen LogP contribution in [0.5, 0.6) is 0 Å². The predicted octanol–water partition coefficient (Wildman–Crippen LogP) is 3.62. The van der Waals surface area contributed by atoms with Gasteiger partial charge in [-0.25, -0.2) is 8.78 Å². The molecule has 0 aromatic heterocycles. The van der Waals surface area contributed by atoms with Gasteiger partial charge in [0.1, 0.15) is 11.6 Å². The van der Waals surface area contributed by atoms with E-state index in [0.717, 1.165) is 25.0 Å². The number of carbonyl (C=O) groups is 1. The van der Waals surface area contributed by atoms with E-state index in [1.807, 2.05) is 0 Å². The highest BCUT2D eigenvalue weighted by Crippen LogP contribution is 2.30. The summed E-state index contributed by atoms with van der Waals surface area (Å²) in [4.78, 5) is 12.8. The molecule has 6 heteroatoms. The Kier molecular flexibility index (Phi) is 3.82. The van der Waals surface area contributed by atoms with E-state index < -0.39 is 11.6 Å². The number of amides is 1. The maximum Gasteiger partial charge on any atom is 0.240 e. The van der Waals surface area contributed by atoms with E-state index >= 15 is 0 Å². The number of rotatable bonds is 1. The van der Waals surface area contributed by atoms with Crippen LogP contribution in [0, 0.1) is 11.6 Å². The van der Waals surface area contributed by atoms with Crippen LogP contribution in [0.15, 0.2) is 16.6 Å². The molecule has 1 aliphatic rings. The van der Waals surface area contributed by atoms with Crippen molar-refractivity contribution in [3.05, 3.63) is 28.2 Å². The highest BCUT2D eigenvalue weighted by Gasteiger charge is 2.29. The van der Waals surface area contributed by atoms with E-state index in [2.05, 4.69) is 31.9 Å². The van der Waals surface area contributed by atoms with Gasteiger partial charge < -0.3 is 4.90 Å². The third kappa shape index (κ3) is 2.52. The summed E-state index contributed by atoms with van der Waals surface area (Å²) in [7, 11) is 0. The van der Waals surface area contributed by atoms with Crippen LogP contribution in [0.4, 0.5) is 14.5 Å². The molecule has 0 saturated carbocycles. The Morgan fingerprint density at radius 2 is 2.00 bits per heavy atom. The first-order chi connectivity index (χ1) is 8.00. The van der Waals surface area contributed by atoms with Crippen LogP contribution in [-0.4, -0.2) is 17.3 Å². The number of halogens is 4. The van der Waals surface area contributed by atoms with E-state index in [1.54, 1.807) is 0 Å². The molecule has 1 aromatic carbocycles. The van der Waals surface area contributed by atoms with E-state index in [0.29, 0.717) is 6.54 Å². The van der Waals surface area contributed by atoms with Gasteiger partial charge in [0.2, 0.25) is 5.91 Å². The molecule has 1 aromatic rings. The zero-order valence-corrected chi connectivity index (χ0v) is 11.9. The number of carbonyl (C=O) groups excluding carboxylic acids is 1.